The Morgan fingerprint density at radius 2 is 1.95 bits per heavy atom. The summed E-state index contributed by atoms with van der Waals surface area (Å²) in [6, 6.07) is 5.11. The molecule has 0 aliphatic heterocycles. The van der Waals surface area contributed by atoms with E-state index < -0.39 is 10.0 Å². The Morgan fingerprint density at radius 3 is 2.55 bits per heavy atom. The minimum atomic E-state index is -3.55. The molecule has 0 aliphatic rings. The molecule has 0 bridgehead atoms. The standard InChI is InChI=1S/C14H23NO4S/c1-12-7-8-13(19-3)14(11-12)20(17,18)15(2)9-5-4-6-10-16/h7-8,11,16H,4-6,9-10H2,1-3H3. The number of nitrogens with zero attached hydrogens (tertiary/aromatic N) is 1. The fraction of sp³-hybridized carbons (Fsp3) is 0.571. The molecular weight excluding hydrogens is 278 g/mol. The normalized spacial score (nSPS) is 11.8. The van der Waals surface area contributed by atoms with Crippen molar-refractivity contribution in [2.24, 2.45) is 0 Å². The Balaban J connectivity index is 2.89. The van der Waals surface area contributed by atoms with Crippen LogP contribution in [0.5, 0.6) is 5.75 Å². The van der Waals surface area contributed by atoms with E-state index in [4.69, 9.17) is 9.84 Å². The van der Waals surface area contributed by atoms with Gasteiger partial charge in [-0.3, -0.25) is 0 Å². The van der Waals surface area contributed by atoms with Crippen molar-refractivity contribution in [3.63, 3.8) is 0 Å². The lowest BCUT2D eigenvalue weighted by molar-refractivity contribution is 0.281. The molecule has 0 aromatic heterocycles. The number of unbranched alkanes of at least 4 members (excludes halogenated alkanes) is 2. The second-order valence-electron chi connectivity index (χ2n) is 4.77. The van der Waals surface area contributed by atoms with Gasteiger partial charge in [0.1, 0.15) is 10.6 Å². The summed E-state index contributed by atoms with van der Waals surface area (Å²) < 4.78 is 31.5. The first kappa shape index (κ1) is 16.9. The van der Waals surface area contributed by atoms with Crippen molar-refractivity contribution in [3.05, 3.63) is 23.8 Å². The molecule has 1 aromatic carbocycles. The molecule has 1 N–H and O–H groups in total. The molecular formula is C14H23NO4S. The molecule has 0 radical (unpaired) electrons. The molecule has 1 aromatic rings. The maximum absolute atomic E-state index is 12.5. The van der Waals surface area contributed by atoms with Gasteiger partial charge in [-0.15, -0.1) is 0 Å². The van der Waals surface area contributed by atoms with Crippen molar-refractivity contribution in [1.82, 2.24) is 4.31 Å². The maximum atomic E-state index is 12.5. The SMILES string of the molecule is COc1ccc(C)cc1S(=O)(=O)N(C)CCCCCO. The Morgan fingerprint density at radius 1 is 1.25 bits per heavy atom. The van der Waals surface area contributed by atoms with E-state index in [-0.39, 0.29) is 11.5 Å². The highest BCUT2D eigenvalue weighted by atomic mass is 32.2. The lowest BCUT2D eigenvalue weighted by Crippen LogP contribution is -2.28. The van der Waals surface area contributed by atoms with Crippen molar-refractivity contribution in [2.75, 3.05) is 27.3 Å². The first-order chi connectivity index (χ1) is 9.43. The molecule has 0 amide bonds. The Labute approximate surface area is 121 Å². The summed E-state index contributed by atoms with van der Waals surface area (Å²) in [5, 5.41) is 8.72. The summed E-state index contributed by atoms with van der Waals surface area (Å²) in [5.41, 5.74) is 0.873. The van der Waals surface area contributed by atoms with Gasteiger partial charge in [0.15, 0.2) is 0 Å². The third-order valence-electron chi connectivity index (χ3n) is 3.14. The van der Waals surface area contributed by atoms with Crippen LogP contribution in [0.1, 0.15) is 24.8 Å². The second kappa shape index (κ2) is 7.61. The maximum Gasteiger partial charge on any atom is 0.246 e. The zero-order valence-electron chi connectivity index (χ0n) is 12.3. The van der Waals surface area contributed by atoms with E-state index in [1.54, 1.807) is 19.2 Å². The molecule has 5 nitrogen and oxygen atoms in total. The van der Waals surface area contributed by atoms with Gasteiger partial charge < -0.3 is 9.84 Å². The predicted octanol–water partition coefficient (Wildman–Crippen LogP) is 1.79. The monoisotopic (exact) mass is 301 g/mol. The first-order valence-corrected chi connectivity index (χ1v) is 8.09. The van der Waals surface area contributed by atoms with E-state index in [9.17, 15) is 8.42 Å². The Kier molecular flexibility index (Phi) is 6.45. The number of sulfonamides is 1. The van der Waals surface area contributed by atoms with Crippen molar-refractivity contribution in [1.29, 1.82) is 0 Å². The van der Waals surface area contributed by atoms with Gasteiger partial charge in [0.05, 0.1) is 7.11 Å². The largest absolute Gasteiger partial charge is 0.495 e. The van der Waals surface area contributed by atoms with Crippen LogP contribution >= 0.6 is 0 Å². The smallest absolute Gasteiger partial charge is 0.246 e. The average molecular weight is 301 g/mol. The Hall–Kier alpha value is -1.11. The number of aryl methyl sites for hydroxylation is 1. The van der Waals surface area contributed by atoms with Crippen LogP contribution in [0.15, 0.2) is 23.1 Å². The molecule has 0 heterocycles. The van der Waals surface area contributed by atoms with Crippen molar-refractivity contribution in [2.45, 2.75) is 31.1 Å². The zero-order chi connectivity index (χ0) is 15.2. The first-order valence-electron chi connectivity index (χ1n) is 6.65. The summed E-state index contributed by atoms with van der Waals surface area (Å²) in [6.07, 6.45) is 2.23. The van der Waals surface area contributed by atoms with Crippen LogP contribution in [-0.4, -0.2) is 45.1 Å². The van der Waals surface area contributed by atoms with E-state index in [0.29, 0.717) is 18.7 Å². The molecule has 0 saturated carbocycles. The number of hydrogen-bond acceptors (Lipinski definition) is 4. The van der Waals surface area contributed by atoms with Crippen molar-refractivity contribution in [3.8, 4) is 5.75 Å². The number of ether oxygens (including phenoxy) is 1. The van der Waals surface area contributed by atoms with Gasteiger partial charge in [0.25, 0.3) is 0 Å². The third kappa shape index (κ3) is 4.19. The minimum Gasteiger partial charge on any atom is -0.495 e. The van der Waals surface area contributed by atoms with Crippen LogP contribution in [0.4, 0.5) is 0 Å². The predicted molar refractivity (Wildman–Crippen MR) is 78.5 cm³/mol. The summed E-state index contributed by atoms with van der Waals surface area (Å²) in [7, 11) is -0.517. The lowest BCUT2D eigenvalue weighted by atomic mass is 10.2. The van der Waals surface area contributed by atoms with E-state index in [1.165, 1.54) is 11.4 Å². The van der Waals surface area contributed by atoms with Gasteiger partial charge in [-0.1, -0.05) is 6.07 Å². The van der Waals surface area contributed by atoms with Gasteiger partial charge in [0, 0.05) is 20.2 Å². The van der Waals surface area contributed by atoms with Crippen molar-refractivity contribution < 1.29 is 18.3 Å². The Bertz CT molecular complexity index is 528. The van der Waals surface area contributed by atoms with E-state index in [2.05, 4.69) is 0 Å². The molecule has 0 aliphatic carbocycles. The van der Waals surface area contributed by atoms with Crippen LogP contribution in [-0.2, 0) is 10.0 Å². The van der Waals surface area contributed by atoms with Crippen molar-refractivity contribution >= 4 is 10.0 Å². The van der Waals surface area contributed by atoms with Gasteiger partial charge >= 0.3 is 0 Å². The van der Waals surface area contributed by atoms with Crippen LogP contribution in [0.3, 0.4) is 0 Å². The summed E-state index contributed by atoms with van der Waals surface area (Å²) >= 11 is 0. The number of hydrogen-bond donors (Lipinski definition) is 1. The molecule has 0 saturated heterocycles. The number of benzene rings is 1. The zero-order valence-corrected chi connectivity index (χ0v) is 13.1. The van der Waals surface area contributed by atoms with E-state index in [0.717, 1.165) is 18.4 Å². The molecule has 0 spiro atoms. The molecule has 6 heteroatoms. The second-order valence-corrected chi connectivity index (χ2v) is 6.78. The van der Waals surface area contributed by atoms with Gasteiger partial charge in [-0.25, -0.2) is 12.7 Å². The summed E-state index contributed by atoms with van der Waals surface area (Å²) in [6.45, 7) is 2.42. The molecule has 114 valence electrons. The van der Waals surface area contributed by atoms with Crippen LogP contribution < -0.4 is 4.74 Å². The molecule has 20 heavy (non-hydrogen) atoms. The fourth-order valence-corrected chi connectivity index (χ4v) is 3.34. The topological polar surface area (TPSA) is 66.8 Å². The summed E-state index contributed by atoms with van der Waals surface area (Å²) in [4.78, 5) is 0.199. The molecule has 0 unspecified atom stereocenters. The number of methoxy groups -OCH3 is 1. The van der Waals surface area contributed by atoms with E-state index in [1.807, 2.05) is 13.0 Å². The third-order valence-corrected chi connectivity index (χ3v) is 5.02. The highest BCUT2D eigenvalue weighted by Gasteiger charge is 2.24. The molecule has 0 atom stereocenters. The molecule has 0 fully saturated rings. The van der Waals surface area contributed by atoms with Crippen LogP contribution in [0.2, 0.25) is 0 Å². The van der Waals surface area contributed by atoms with E-state index >= 15 is 0 Å². The lowest BCUT2D eigenvalue weighted by Gasteiger charge is -2.19. The fourth-order valence-electron chi connectivity index (χ4n) is 1.90. The average Bonchev–Trinajstić information content (AvgIpc) is 2.43. The number of rotatable bonds is 8. The number of aliphatic hydroxyl groups is 1. The van der Waals surface area contributed by atoms with Gasteiger partial charge in [-0.2, -0.15) is 0 Å². The highest BCUT2D eigenvalue weighted by Crippen LogP contribution is 2.27. The minimum absolute atomic E-state index is 0.141. The quantitative estimate of drug-likeness (QED) is 0.743. The van der Waals surface area contributed by atoms with Gasteiger partial charge in [0.2, 0.25) is 10.0 Å². The van der Waals surface area contributed by atoms with Gasteiger partial charge in [-0.05, 0) is 43.9 Å². The van der Waals surface area contributed by atoms with Crippen LogP contribution in [0.25, 0.3) is 0 Å². The number of aliphatic hydroxyl groups excluding tert-OH is 1. The van der Waals surface area contributed by atoms with Crippen LogP contribution in [0, 0.1) is 6.92 Å². The molecule has 1 rings (SSSR count). The highest BCUT2D eigenvalue weighted by molar-refractivity contribution is 7.89. The summed E-state index contributed by atoms with van der Waals surface area (Å²) in [5.74, 6) is 0.359.